The zero-order valence-corrected chi connectivity index (χ0v) is 13.9. The van der Waals surface area contributed by atoms with Gasteiger partial charge in [-0.1, -0.05) is 6.07 Å². The van der Waals surface area contributed by atoms with E-state index in [2.05, 4.69) is 25.9 Å². The maximum absolute atomic E-state index is 11.5. The minimum absolute atomic E-state index is 0.123. The molecule has 2 aromatic rings. The van der Waals surface area contributed by atoms with Gasteiger partial charge in [0.15, 0.2) is 0 Å². The summed E-state index contributed by atoms with van der Waals surface area (Å²) >= 11 is 0. The van der Waals surface area contributed by atoms with Crippen LogP contribution in [0.1, 0.15) is 24.2 Å². The van der Waals surface area contributed by atoms with E-state index in [1.807, 2.05) is 0 Å². The van der Waals surface area contributed by atoms with Crippen LogP contribution in [0.4, 0.5) is 23.1 Å². The van der Waals surface area contributed by atoms with Gasteiger partial charge < -0.3 is 26.8 Å². The normalized spacial score (nSPS) is 11.5. The van der Waals surface area contributed by atoms with E-state index in [1.54, 1.807) is 31.2 Å². The molecule has 25 heavy (non-hydrogen) atoms. The van der Waals surface area contributed by atoms with Crippen molar-refractivity contribution in [1.29, 1.82) is 0 Å². The average molecular weight is 344 g/mol. The zero-order valence-electron chi connectivity index (χ0n) is 13.9. The second-order valence-electron chi connectivity index (χ2n) is 5.44. The Kier molecular flexibility index (Phi) is 5.85. The number of anilines is 4. The smallest absolute Gasteiger partial charge is 0.254 e. The Morgan fingerprint density at radius 2 is 2.04 bits per heavy atom. The Balaban J connectivity index is 2.23. The van der Waals surface area contributed by atoms with Gasteiger partial charge in [-0.15, -0.1) is 0 Å². The van der Waals surface area contributed by atoms with Crippen molar-refractivity contribution in [1.82, 2.24) is 9.97 Å². The lowest BCUT2D eigenvalue weighted by Crippen LogP contribution is -2.21. The molecule has 0 aliphatic carbocycles. The highest BCUT2D eigenvalue weighted by Gasteiger charge is 2.13. The van der Waals surface area contributed by atoms with Gasteiger partial charge in [0, 0.05) is 31.0 Å². The third kappa shape index (κ3) is 5.43. The van der Waals surface area contributed by atoms with Gasteiger partial charge >= 0.3 is 0 Å². The molecular formula is C16H20N6O3. The number of aromatic nitrogens is 2. The molecule has 9 heteroatoms. The lowest BCUT2D eigenvalue weighted by molar-refractivity contribution is -0.114. The number of primary amides is 1. The van der Waals surface area contributed by atoms with E-state index in [4.69, 9.17) is 5.73 Å². The van der Waals surface area contributed by atoms with Gasteiger partial charge in [-0.25, -0.2) is 4.98 Å². The van der Waals surface area contributed by atoms with Crippen LogP contribution < -0.4 is 21.7 Å². The van der Waals surface area contributed by atoms with Crippen LogP contribution in [-0.2, 0) is 4.79 Å². The number of nitrogens with zero attached hydrogens (tertiary/aromatic N) is 2. The van der Waals surface area contributed by atoms with Gasteiger partial charge in [-0.3, -0.25) is 9.59 Å². The first-order valence-corrected chi connectivity index (χ1v) is 7.58. The first-order chi connectivity index (χ1) is 11.8. The molecule has 132 valence electrons. The number of hydrogen-bond donors (Lipinski definition) is 5. The highest BCUT2D eigenvalue weighted by atomic mass is 16.3. The molecule has 0 bridgehead atoms. The summed E-state index contributed by atoms with van der Waals surface area (Å²) in [6.45, 7) is 3.23. The van der Waals surface area contributed by atoms with Crippen LogP contribution in [0.2, 0.25) is 0 Å². The Hall–Kier alpha value is -3.20. The van der Waals surface area contributed by atoms with Crippen LogP contribution in [0.15, 0.2) is 30.5 Å². The molecule has 0 radical (unpaired) electrons. The maximum atomic E-state index is 11.5. The monoisotopic (exact) mass is 344 g/mol. The number of hydrogen-bond acceptors (Lipinski definition) is 7. The number of benzene rings is 1. The molecule has 9 nitrogen and oxygen atoms in total. The summed E-state index contributed by atoms with van der Waals surface area (Å²) in [5.41, 5.74) is 6.71. The van der Waals surface area contributed by atoms with Crippen LogP contribution in [0, 0.1) is 0 Å². The molecular weight excluding hydrogens is 324 g/mol. The van der Waals surface area contributed by atoms with Crippen molar-refractivity contribution in [2.75, 3.05) is 22.5 Å². The summed E-state index contributed by atoms with van der Waals surface area (Å²) in [6.07, 6.45) is 0.682. The fourth-order valence-electron chi connectivity index (χ4n) is 2.01. The summed E-state index contributed by atoms with van der Waals surface area (Å²) in [5.74, 6) is -0.391. The number of amides is 2. The van der Waals surface area contributed by atoms with Crippen molar-refractivity contribution in [3.63, 3.8) is 0 Å². The van der Waals surface area contributed by atoms with E-state index in [1.165, 1.54) is 13.1 Å². The number of nitrogens with one attached hydrogen (secondary N) is 3. The minimum atomic E-state index is -0.674. The van der Waals surface area contributed by atoms with Gasteiger partial charge in [-0.05, 0) is 25.1 Å². The number of rotatable bonds is 7. The SMILES string of the molecule is CC(=O)Nc1cccc(Nc2ncc(C(N)=O)c(NC[C@@H](C)O)n2)c1. The Morgan fingerprint density at radius 3 is 2.68 bits per heavy atom. The van der Waals surface area contributed by atoms with Crippen molar-refractivity contribution in [3.8, 4) is 0 Å². The predicted molar refractivity (Wildman–Crippen MR) is 94.7 cm³/mol. The first-order valence-electron chi connectivity index (χ1n) is 7.58. The van der Waals surface area contributed by atoms with Crippen LogP contribution in [0.3, 0.4) is 0 Å². The minimum Gasteiger partial charge on any atom is -0.392 e. The molecule has 0 saturated carbocycles. The lowest BCUT2D eigenvalue weighted by atomic mass is 10.2. The fraction of sp³-hybridized carbons (Fsp3) is 0.250. The number of carbonyl (C=O) groups is 2. The summed E-state index contributed by atoms with van der Waals surface area (Å²) in [6, 6.07) is 7.01. The molecule has 2 rings (SSSR count). The number of nitrogens with two attached hydrogens (primary N) is 1. The van der Waals surface area contributed by atoms with Gasteiger partial charge in [0.1, 0.15) is 5.82 Å². The Bertz CT molecular complexity index is 778. The molecule has 0 aliphatic rings. The molecule has 1 aromatic carbocycles. The molecule has 2 amide bonds. The molecule has 0 saturated heterocycles. The second kappa shape index (κ2) is 8.06. The summed E-state index contributed by atoms with van der Waals surface area (Å²) in [4.78, 5) is 30.9. The molecule has 0 aliphatic heterocycles. The Morgan fingerprint density at radius 1 is 1.32 bits per heavy atom. The third-order valence-corrected chi connectivity index (χ3v) is 3.06. The maximum Gasteiger partial charge on any atom is 0.254 e. The predicted octanol–water partition coefficient (Wildman–Crippen LogP) is 1.07. The van der Waals surface area contributed by atoms with Gasteiger partial charge in [0.2, 0.25) is 11.9 Å². The van der Waals surface area contributed by atoms with E-state index in [9.17, 15) is 14.7 Å². The summed E-state index contributed by atoms with van der Waals surface area (Å²) in [5, 5.41) is 17.9. The van der Waals surface area contributed by atoms with Crippen LogP contribution in [0.5, 0.6) is 0 Å². The number of aliphatic hydroxyl groups excluding tert-OH is 1. The molecule has 1 heterocycles. The second-order valence-corrected chi connectivity index (χ2v) is 5.44. The molecule has 0 unspecified atom stereocenters. The Labute approximate surface area is 144 Å². The molecule has 1 atom stereocenters. The standard InChI is InChI=1S/C16H20N6O3/c1-9(23)7-18-15-13(14(17)25)8-19-16(22-15)21-12-5-3-4-11(6-12)20-10(2)24/h3-6,8-9,23H,7H2,1-2H3,(H2,17,25)(H,20,24)(H2,18,19,21,22)/t9-/m1/s1. The number of carbonyl (C=O) groups excluding carboxylic acids is 2. The van der Waals surface area contributed by atoms with Gasteiger partial charge in [0.05, 0.1) is 11.7 Å². The highest BCUT2D eigenvalue weighted by Crippen LogP contribution is 2.20. The highest BCUT2D eigenvalue weighted by molar-refractivity contribution is 5.97. The van der Waals surface area contributed by atoms with E-state index < -0.39 is 12.0 Å². The molecule has 1 aromatic heterocycles. The largest absolute Gasteiger partial charge is 0.392 e. The van der Waals surface area contributed by atoms with Crippen molar-refractivity contribution in [2.24, 2.45) is 5.73 Å². The molecule has 0 fully saturated rings. The van der Waals surface area contributed by atoms with Crippen molar-refractivity contribution in [3.05, 3.63) is 36.0 Å². The topological polar surface area (TPSA) is 142 Å². The lowest BCUT2D eigenvalue weighted by Gasteiger charge is -2.13. The number of aliphatic hydroxyl groups is 1. The molecule has 6 N–H and O–H groups in total. The average Bonchev–Trinajstić information content (AvgIpc) is 2.52. The van der Waals surface area contributed by atoms with Crippen LogP contribution in [0.25, 0.3) is 0 Å². The van der Waals surface area contributed by atoms with E-state index in [0.29, 0.717) is 11.4 Å². The zero-order chi connectivity index (χ0) is 18.4. The van der Waals surface area contributed by atoms with Gasteiger partial charge in [0.25, 0.3) is 5.91 Å². The van der Waals surface area contributed by atoms with Crippen LogP contribution >= 0.6 is 0 Å². The molecule has 0 spiro atoms. The third-order valence-electron chi connectivity index (χ3n) is 3.06. The van der Waals surface area contributed by atoms with Crippen molar-refractivity contribution < 1.29 is 14.7 Å². The summed E-state index contributed by atoms with van der Waals surface area (Å²) < 4.78 is 0. The first kappa shape index (κ1) is 18.1. The van der Waals surface area contributed by atoms with E-state index in [-0.39, 0.29) is 29.8 Å². The van der Waals surface area contributed by atoms with Crippen molar-refractivity contribution in [2.45, 2.75) is 20.0 Å². The van der Waals surface area contributed by atoms with Crippen LogP contribution in [-0.4, -0.2) is 39.5 Å². The van der Waals surface area contributed by atoms with Crippen molar-refractivity contribution >= 4 is 35.0 Å². The van der Waals surface area contributed by atoms with E-state index >= 15 is 0 Å². The quantitative estimate of drug-likeness (QED) is 0.505. The van der Waals surface area contributed by atoms with Gasteiger partial charge in [-0.2, -0.15) is 4.98 Å². The fourth-order valence-corrected chi connectivity index (χ4v) is 2.01. The summed E-state index contributed by atoms with van der Waals surface area (Å²) in [7, 11) is 0. The van der Waals surface area contributed by atoms with E-state index in [0.717, 1.165) is 0 Å².